The van der Waals surface area contributed by atoms with Gasteiger partial charge in [-0.1, -0.05) is 23.7 Å². The number of nitro benzene ring substituents is 1. The minimum atomic E-state index is -0.510. The van der Waals surface area contributed by atoms with Crippen molar-refractivity contribution in [2.75, 3.05) is 11.9 Å². The van der Waals surface area contributed by atoms with Crippen molar-refractivity contribution in [3.05, 3.63) is 68.7 Å². The van der Waals surface area contributed by atoms with Crippen molar-refractivity contribution in [1.29, 1.82) is 5.26 Å². The summed E-state index contributed by atoms with van der Waals surface area (Å²) in [6.07, 6.45) is 0. The van der Waals surface area contributed by atoms with Crippen molar-refractivity contribution in [2.45, 2.75) is 6.54 Å². The fraction of sp³-hybridized carbons (Fsp3) is 0.133. The van der Waals surface area contributed by atoms with Gasteiger partial charge < -0.3 is 4.90 Å². The molecule has 0 unspecified atom stereocenters. The second kappa shape index (κ2) is 6.25. The first kappa shape index (κ1) is 14.8. The number of rotatable bonds is 4. The van der Waals surface area contributed by atoms with Gasteiger partial charge in [0.2, 0.25) is 0 Å². The molecule has 0 N–H and O–H groups in total. The highest BCUT2D eigenvalue weighted by atomic mass is 35.5. The van der Waals surface area contributed by atoms with Gasteiger partial charge in [-0.05, 0) is 23.8 Å². The molecule has 0 aromatic heterocycles. The Bertz CT molecular complexity index is 708. The third-order valence-corrected chi connectivity index (χ3v) is 3.31. The lowest BCUT2D eigenvalue weighted by molar-refractivity contribution is -0.384. The predicted octanol–water partition coefficient (Wildman–Crippen LogP) is 3.76. The summed E-state index contributed by atoms with van der Waals surface area (Å²) >= 11 is 5.84. The Morgan fingerprint density at radius 3 is 2.52 bits per heavy atom. The van der Waals surface area contributed by atoms with Crippen LogP contribution in [0, 0.1) is 21.4 Å². The van der Waals surface area contributed by atoms with Gasteiger partial charge in [0.05, 0.1) is 16.2 Å². The quantitative estimate of drug-likeness (QED) is 0.637. The number of hydrogen-bond donors (Lipinski definition) is 0. The van der Waals surface area contributed by atoms with E-state index in [1.165, 1.54) is 12.1 Å². The van der Waals surface area contributed by atoms with E-state index >= 15 is 0 Å². The van der Waals surface area contributed by atoms with E-state index < -0.39 is 4.92 Å². The van der Waals surface area contributed by atoms with E-state index in [-0.39, 0.29) is 11.3 Å². The Balaban J connectivity index is 2.26. The standard InChI is InChI=1S/C15H12ClN3O2/c1-18(10-11-2-4-13(16)5-3-11)15-7-6-14(19(20)21)8-12(15)9-17/h2-8H,10H2,1H3. The lowest BCUT2D eigenvalue weighted by Crippen LogP contribution is -2.17. The molecular weight excluding hydrogens is 290 g/mol. The Kier molecular flexibility index (Phi) is 4.41. The van der Waals surface area contributed by atoms with E-state index in [9.17, 15) is 10.1 Å². The van der Waals surface area contributed by atoms with Crippen molar-refractivity contribution >= 4 is 23.0 Å². The first-order valence-corrected chi connectivity index (χ1v) is 6.53. The van der Waals surface area contributed by atoms with Gasteiger partial charge in [0, 0.05) is 30.7 Å². The van der Waals surface area contributed by atoms with Gasteiger partial charge in [0.1, 0.15) is 6.07 Å². The van der Waals surface area contributed by atoms with Gasteiger partial charge >= 0.3 is 0 Å². The zero-order valence-electron chi connectivity index (χ0n) is 11.3. The van der Waals surface area contributed by atoms with Gasteiger partial charge in [-0.3, -0.25) is 10.1 Å². The van der Waals surface area contributed by atoms with Crippen LogP contribution in [0.15, 0.2) is 42.5 Å². The molecule has 0 aliphatic carbocycles. The normalized spacial score (nSPS) is 9.95. The molecule has 106 valence electrons. The fourth-order valence-corrected chi connectivity index (χ4v) is 2.13. The Morgan fingerprint density at radius 1 is 1.29 bits per heavy atom. The van der Waals surface area contributed by atoms with E-state index in [1.54, 1.807) is 18.2 Å². The van der Waals surface area contributed by atoms with Crippen LogP contribution in [-0.2, 0) is 6.54 Å². The van der Waals surface area contributed by atoms with E-state index in [2.05, 4.69) is 0 Å². The summed E-state index contributed by atoms with van der Waals surface area (Å²) in [5.41, 5.74) is 1.87. The number of halogens is 1. The van der Waals surface area contributed by atoms with Crippen LogP contribution in [0.5, 0.6) is 0 Å². The minimum Gasteiger partial charge on any atom is -0.369 e. The Labute approximate surface area is 127 Å². The van der Waals surface area contributed by atoms with Crippen molar-refractivity contribution in [3.8, 4) is 6.07 Å². The summed E-state index contributed by atoms with van der Waals surface area (Å²) in [6, 6.07) is 13.7. The second-order valence-corrected chi connectivity index (χ2v) is 4.99. The third kappa shape index (κ3) is 3.50. The summed E-state index contributed by atoms with van der Waals surface area (Å²) in [7, 11) is 1.83. The predicted molar refractivity (Wildman–Crippen MR) is 81.4 cm³/mol. The first-order chi connectivity index (χ1) is 10.0. The zero-order chi connectivity index (χ0) is 15.4. The Morgan fingerprint density at radius 2 is 1.95 bits per heavy atom. The van der Waals surface area contributed by atoms with Crippen LogP contribution in [0.4, 0.5) is 11.4 Å². The van der Waals surface area contributed by atoms with Gasteiger partial charge in [0.25, 0.3) is 5.69 Å². The maximum absolute atomic E-state index is 10.7. The van der Waals surface area contributed by atoms with Crippen molar-refractivity contribution < 1.29 is 4.92 Å². The van der Waals surface area contributed by atoms with E-state index in [0.29, 0.717) is 17.3 Å². The van der Waals surface area contributed by atoms with Gasteiger partial charge in [-0.25, -0.2) is 0 Å². The molecule has 0 amide bonds. The lowest BCUT2D eigenvalue weighted by atomic mass is 10.1. The molecule has 2 aromatic carbocycles. The smallest absolute Gasteiger partial charge is 0.270 e. The molecule has 0 atom stereocenters. The van der Waals surface area contributed by atoms with Gasteiger partial charge in [0.15, 0.2) is 0 Å². The number of nitriles is 1. The molecular formula is C15H12ClN3O2. The summed E-state index contributed by atoms with van der Waals surface area (Å²) in [5, 5.41) is 20.6. The lowest BCUT2D eigenvalue weighted by Gasteiger charge is -2.20. The van der Waals surface area contributed by atoms with Crippen molar-refractivity contribution in [1.82, 2.24) is 0 Å². The minimum absolute atomic E-state index is 0.0878. The zero-order valence-corrected chi connectivity index (χ0v) is 12.0. The van der Waals surface area contributed by atoms with Gasteiger partial charge in [-0.2, -0.15) is 5.26 Å². The summed E-state index contributed by atoms with van der Waals surface area (Å²) in [4.78, 5) is 12.1. The number of anilines is 1. The molecule has 0 spiro atoms. The van der Waals surface area contributed by atoms with E-state index in [4.69, 9.17) is 16.9 Å². The van der Waals surface area contributed by atoms with E-state index in [1.807, 2.05) is 30.1 Å². The van der Waals surface area contributed by atoms with Crippen LogP contribution in [0.25, 0.3) is 0 Å². The highest BCUT2D eigenvalue weighted by Gasteiger charge is 2.13. The number of benzene rings is 2. The number of nitro groups is 1. The van der Waals surface area contributed by atoms with Crippen LogP contribution in [-0.4, -0.2) is 12.0 Å². The Hall–Kier alpha value is -2.58. The summed E-state index contributed by atoms with van der Waals surface area (Å²) in [6.45, 7) is 0.573. The third-order valence-electron chi connectivity index (χ3n) is 3.06. The molecule has 21 heavy (non-hydrogen) atoms. The SMILES string of the molecule is CN(Cc1ccc(Cl)cc1)c1ccc([N+](=O)[O-])cc1C#N. The van der Waals surface area contributed by atoms with Crippen LogP contribution < -0.4 is 4.90 Å². The molecule has 0 fully saturated rings. The molecule has 0 bridgehead atoms. The fourth-order valence-electron chi connectivity index (χ4n) is 2.01. The van der Waals surface area contributed by atoms with Crippen LogP contribution in [0.2, 0.25) is 5.02 Å². The molecule has 0 saturated heterocycles. The molecule has 6 heteroatoms. The molecule has 0 saturated carbocycles. The average molecular weight is 302 g/mol. The van der Waals surface area contributed by atoms with Crippen LogP contribution >= 0.6 is 11.6 Å². The van der Waals surface area contributed by atoms with Crippen LogP contribution in [0.1, 0.15) is 11.1 Å². The molecule has 0 radical (unpaired) electrons. The molecule has 2 rings (SSSR count). The largest absolute Gasteiger partial charge is 0.369 e. The summed E-state index contributed by atoms with van der Waals surface area (Å²) in [5.74, 6) is 0. The average Bonchev–Trinajstić information content (AvgIpc) is 2.48. The monoisotopic (exact) mass is 301 g/mol. The second-order valence-electron chi connectivity index (χ2n) is 4.55. The molecule has 2 aromatic rings. The number of hydrogen-bond acceptors (Lipinski definition) is 4. The maximum atomic E-state index is 10.7. The molecule has 0 heterocycles. The first-order valence-electron chi connectivity index (χ1n) is 6.15. The van der Waals surface area contributed by atoms with Crippen molar-refractivity contribution in [3.63, 3.8) is 0 Å². The van der Waals surface area contributed by atoms with E-state index in [0.717, 1.165) is 5.56 Å². The highest BCUT2D eigenvalue weighted by molar-refractivity contribution is 6.30. The molecule has 5 nitrogen and oxygen atoms in total. The highest BCUT2D eigenvalue weighted by Crippen LogP contribution is 2.25. The molecule has 0 aliphatic heterocycles. The van der Waals surface area contributed by atoms with Crippen molar-refractivity contribution in [2.24, 2.45) is 0 Å². The number of non-ortho nitro benzene ring substituents is 1. The topological polar surface area (TPSA) is 70.2 Å². The number of nitrogens with zero attached hydrogens (tertiary/aromatic N) is 3. The summed E-state index contributed by atoms with van der Waals surface area (Å²) < 4.78 is 0. The molecule has 0 aliphatic rings. The maximum Gasteiger partial charge on any atom is 0.270 e. The van der Waals surface area contributed by atoms with Crippen LogP contribution in [0.3, 0.4) is 0 Å². The van der Waals surface area contributed by atoms with Gasteiger partial charge in [-0.15, -0.1) is 0 Å².